The fourth-order valence-electron chi connectivity index (χ4n) is 3.31. The second kappa shape index (κ2) is 12.0. The number of rotatable bonds is 4. The van der Waals surface area contributed by atoms with Crippen LogP contribution < -0.4 is 4.74 Å². The molecule has 2 aromatic heterocycles. The Bertz CT molecular complexity index is 1340. The van der Waals surface area contributed by atoms with Crippen molar-refractivity contribution in [2.24, 2.45) is 0 Å². The molecule has 2 aromatic carbocycles. The van der Waals surface area contributed by atoms with Gasteiger partial charge in [-0.25, -0.2) is 9.97 Å². The fourth-order valence-corrected chi connectivity index (χ4v) is 3.31. The standard InChI is InChI=1S/C25H22N2O3.C2H4O2.Mn/c1-15-10-12-18(25(29)16(15)2)20-6-4-8-22(26-20)23-9-5-7-21(27-23)19-14-17(30-3)11-13-24(19)28;1-2(3)4;/h4-14,28-29H,1-3H3;1H3,(H,3,4);. The number of phenolic OH excluding ortho intramolecular Hbond substituents is 2. The Morgan fingerprint density at radius 3 is 1.86 bits per heavy atom. The summed E-state index contributed by atoms with van der Waals surface area (Å²) >= 11 is 0. The van der Waals surface area contributed by atoms with Gasteiger partial charge in [0.25, 0.3) is 5.97 Å². The average molecular weight is 513 g/mol. The minimum Gasteiger partial charge on any atom is -0.507 e. The number of pyridine rings is 2. The van der Waals surface area contributed by atoms with E-state index in [1.54, 1.807) is 25.3 Å². The van der Waals surface area contributed by atoms with Gasteiger partial charge in [0.05, 0.1) is 29.9 Å². The average Bonchev–Trinajstić information content (AvgIpc) is 2.83. The second-order valence-corrected chi connectivity index (χ2v) is 7.62. The number of carbonyl (C=O) groups is 1. The van der Waals surface area contributed by atoms with Crippen molar-refractivity contribution in [3.8, 4) is 51.2 Å². The van der Waals surface area contributed by atoms with Crippen LogP contribution in [0.2, 0.25) is 0 Å². The third-order valence-corrected chi connectivity index (χ3v) is 5.22. The molecule has 0 spiro atoms. The maximum atomic E-state index is 10.6. The number of benzene rings is 2. The summed E-state index contributed by atoms with van der Waals surface area (Å²) in [5.41, 5.74) is 5.76. The van der Waals surface area contributed by atoms with Crippen molar-refractivity contribution in [2.45, 2.75) is 20.8 Å². The number of aromatic nitrogens is 2. The Labute approximate surface area is 214 Å². The maximum Gasteiger partial charge on any atom is 0.300 e. The van der Waals surface area contributed by atoms with E-state index in [2.05, 4.69) is 0 Å². The van der Waals surface area contributed by atoms with Crippen LogP contribution in [-0.4, -0.2) is 38.4 Å². The third kappa shape index (κ3) is 6.59. The molecule has 2 heterocycles. The molecule has 3 N–H and O–H groups in total. The Hall–Kier alpha value is -3.87. The third-order valence-electron chi connectivity index (χ3n) is 5.22. The summed E-state index contributed by atoms with van der Waals surface area (Å²) in [6.07, 6.45) is 0. The van der Waals surface area contributed by atoms with Crippen molar-refractivity contribution in [2.75, 3.05) is 7.11 Å². The van der Waals surface area contributed by atoms with E-state index in [4.69, 9.17) is 24.6 Å². The molecule has 0 aliphatic carbocycles. The van der Waals surface area contributed by atoms with E-state index < -0.39 is 5.97 Å². The first-order chi connectivity index (χ1) is 16.2. The molecule has 0 aliphatic rings. The molecule has 4 aromatic rings. The molecule has 0 saturated heterocycles. The zero-order chi connectivity index (χ0) is 24.8. The number of methoxy groups -OCH3 is 1. The van der Waals surface area contributed by atoms with Gasteiger partial charge in [0.1, 0.15) is 17.2 Å². The number of hydrogen-bond acceptors (Lipinski definition) is 6. The Balaban J connectivity index is 0.000000804. The number of carboxylic acid groups (broad SMARTS) is 1. The molecule has 0 fully saturated rings. The summed E-state index contributed by atoms with van der Waals surface area (Å²) in [6, 6.07) is 20.1. The number of aryl methyl sites for hydroxylation is 1. The number of aliphatic carboxylic acids is 1. The van der Waals surface area contributed by atoms with E-state index in [-0.39, 0.29) is 28.6 Å². The molecule has 0 saturated carbocycles. The number of carboxylic acids is 1. The topological polar surface area (TPSA) is 113 Å². The zero-order valence-corrected chi connectivity index (χ0v) is 21.0. The van der Waals surface area contributed by atoms with Crippen molar-refractivity contribution in [1.29, 1.82) is 0 Å². The Morgan fingerprint density at radius 2 is 1.31 bits per heavy atom. The first kappa shape index (κ1) is 27.4. The molecule has 0 atom stereocenters. The second-order valence-electron chi connectivity index (χ2n) is 7.62. The van der Waals surface area contributed by atoms with Gasteiger partial charge in [-0.05, 0) is 73.5 Å². The first-order valence-corrected chi connectivity index (χ1v) is 10.5. The number of ether oxygens (including phenoxy) is 1. The minimum atomic E-state index is -0.833. The van der Waals surface area contributed by atoms with Gasteiger partial charge in [0.15, 0.2) is 0 Å². The van der Waals surface area contributed by atoms with Crippen LogP contribution in [0, 0.1) is 13.8 Å². The first-order valence-electron chi connectivity index (χ1n) is 10.5. The minimum absolute atomic E-state index is 0. The van der Waals surface area contributed by atoms with E-state index in [0.29, 0.717) is 39.7 Å². The fraction of sp³-hybridized carbons (Fsp3) is 0.148. The van der Waals surface area contributed by atoms with Crippen LogP contribution in [0.15, 0.2) is 66.7 Å². The van der Waals surface area contributed by atoms with Crippen molar-refractivity contribution >= 4 is 5.97 Å². The summed E-state index contributed by atoms with van der Waals surface area (Å²) in [4.78, 5) is 18.4. The molecular formula is C27H26MnN2O5. The molecule has 1 radical (unpaired) electrons. The van der Waals surface area contributed by atoms with E-state index in [0.717, 1.165) is 18.1 Å². The van der Waals surface area contributed by atoms with Crippen LogP contribution in [0.5, 0.6) is 17.2 Å². The summed E-state index contributed by atoms with van der Waals surface area (Å²) in [5, 5.41) is 28.3. The molecule has 181 valence electrons. The molecule has 0 bridgehead atoms. The largest absolute Gasteiger partial charge is 0.507 e. The number of phenols is 2. The van der Waals surface area contributed by atoms with E-state index >= 15 is 0 Å². The summed E-state index contributed by atoms with van der Waals surface area (Å²) < 4.78 is 5.27. The van der Waals surface area contributed by atoms with Gasteiger partial charge >= 0.3 is 0 Å². The van der Waals surface area contributed by atoms with E-state index in [1.165, 1.54) is 0 Å². The van der Waals surface area contributed by atoms with Gasteiger partial charge in [0.2, 0.25) is 0 Å². The number of nitrogens with zero attached hydrogens (tertiary/aromatic N) is 2. The zero-order valence-electron chi connectivity index (χ0n) is 19.8. The van der Waals surface area contributed by atoms with Crippen LogP contribution in [0.3, 0.4) is 0 Å². The summed E-state index contributed by atoms with van der Waals surface area (Å²) in [6.45, 7) is 4.94. The van der Waals surface area contributed by atoms with Crippen LogP contribution >= 0.6 is 0 Å². The van der Waals surface area contributed by atoms with Crippen LogP contribution in [0.1, 0.15) is 18.1 Å². The Morgan fingerprint density at radius 1 is 0.800 bits per heavy atom. The van der Waals surface area contributed by atoms with E-state index in [9.17, 15) is 10.2 Å². The molecule has 0 aliphatic heterocycles. The van der Waals surface area contributed by atoms with Gasteiger partial charge in [-0.2, -0.15) is 0 Å². The molecule has 0 amide bonds. The van der Waals surface area contributed by atoms with Crippen molar-refractivity contribution in [3.63, 3.8) is 0 Å². The molecule has 4 rings (SSSR count). The normalized spacial score (nSPS) is 9.94. The molecule has 35 heavy (non-hydrogen) atoms. The van der Waals surface area contributed by atoms with Gasteiger partial charge in [-0.1, -0.05) is 18.2 Å². The van der Waals surface area contributed by atoms with Gasteiger partial charge in [-0.15, -0.1) is 0 Å². The molecular weight excluding hydrogens is 487 g/mol. The van der Waals surface area contributed by atoms with Crippen molar-refractivity contribution < 1.29 is 41.9 Å². The quantitative estimate of drug-likeness (QED) is 0.305. The Kier molecular flexibility index (Phi) is 9.40. The van der Waals surface area contributed by atoms with Crippen LogP contribution in [-0.2, 0) is 21.9 Å². The van der Waals surface area contributed by atoms with Gasteiger partial charge in [-0.3, -0.25) is 4.79 Å². The summed E-state index contributed by atoms with van der Waals surface area (Å²) in [7, 11) is 1.58. The summed E-state index contributed by atoms with van der Waals surface area (Å²) in [5.74, 6) is 0.171. The van der Waals surface area contributed by atoms with Crippen molar-refractivity contribution in [1.82, 2.24) is 9.97 Å². The van der Waals surface area contributed by atoms with Crippen LogP contribution in [0.25, 0.3) is 33.9 Å². The predicted molar refractivity (Wildman–Crippen MR) is 131 cm³/mol. The monoisotopic (exact) mass is 513 g/mol. The van der Waals surface area contributed by atoms with Gasteiger partial charge < -0.3 is 20.1 Å². The number of hydrogen-bond donors (Lipinski definition) is 3. The van der Waals surface area contributed by atoms with Crippen molar-refractivity contribution in [3.05, 3.63) is 77.9 Å². The predicted octanol–water partition coefficient (Wildman–Crippen LogP) is 5.60. The SMILES string of the molecule is CC(=O)O.COc1ccc(O)c(-c2cccc(-c3cccc(-c4ccc(C)c(C)c4O)n3)n2)c1.[Mn]. The molecule has 7 nitrogen and oxygen atoms in total. The molecule has 8 heteroatoms. The number of aromatic hydroxyl groups is 2. The maximum absolute atomic E-state index is 10.6. The molecule has 0 unspecified atom stereocenters. The van der Waals surface area contributed by atoms with Gasteiger partial charge in [0, 0.05) is 35.1 Å². The smallest absolute Gasteiger partial charge is 0.300 e. The van der Waals surface area contributed by atoms with Crippen LogP contribution in [0.4, 0.5) is 0 Å². The van der Waals surface area contributed by atoms with E-state index in [1.807, 2.05) is 62.4 Å².